The monoisotopic (exact) mass is 420 g/mol. The van der Waals surface area contributed by atoms with Crippen LogP contribution in [-0.2, 0) is 27.3 Å². The molecule has 0 aliphatic carbocycles. The molecule has 1 spiro atoms. The Bertz CT molecular complexity index is 895. The molecule has 0 radical (unpaired) electrons. The number of piperidine rings is 1. The van der Waals surface area contributed by atoms with E-state index in [0.717, 1.165) is 6.07 Å². The first-order chi connectivity index (χ1) is 14.4. The zero-order chi connectivity index (χ0) is 21.1. The van der Waals surface area contributed by atoms with Gasteiger partial charge < -0.3 is 14.5 Å². The van der Waals surface area contributed by atoms with Crippen molar-refractivity contribution in [1.29, 1.82) is 0 Å². The Hall–Kier alpha value is -2.95. The van der Waals surface area contributed by atoms with Gasteiger partial charge in [-0.1, -0.05) is 0 Å². The summed E-state index contributed by atoms with van der Waals surface area (Å²) in [7, 11) is 0. The van der Waals surface area contributed by atoms with Gasteiger partial charge in [0.2, 0.25) is 11.8 Å². The molecule has 4 rings (SSSR count). The molecule has 2 aromatic rings. The summed E-state index contributed by atoms with van der Waals surface area (Å²) >= 11 is 0. The molecule has 2 aliphatic heterocycles. The van der Waals surface area contributed by atoms with Gasteiger partial charge >= 0.3 is 0 Å². The number of aromatic nitrogens is 4. The van der Waals surface area contributed by atoms with E-state index in [1.165, 1.54) is 23.1 Å². The van der Waals surface area contributed by atoms with E-state index >= 15 is 0 Å². The second kappa shape index (κ2) is 8.42. The van der Waals surface area contributed by atoms with E-state index in [0.29, 0.717) is 51.2 Å². The number of rotatable bonds is 4. The molecule has 0 atom stereocenters. The number of morpholine rings is 1. The molecule has 30 heavy (non-hydrogen) atoms. The number of carbonyl (C=O) groups is 2. The maximum atomic E-state index is 13.4. The van der Waals surface area contributed by atoms with Crippen LogP contribution in [0.3, 0.4) is 0 Å². The summed E-state index contributed by atoms with van der Waals surface area (Å²) in [6, 6.07) is 3.13. The zero-order valence-electron chi connectivity index (χ0n) is 16.3. The predicted molar refractivity (Wildman–Crippen MR) is 99.0 cm³/mol. The van der Waals surface area contributed by atoms with Gasteiger partial charge in [0.05, 0.1) is 18.6 Å². The highest BCUT2D eigenvalue weighted by Gasteiger charge is 2.41. The van der Waals surface area contributed by atoms with Gasteiger partial charge in [0.15, 0.2) is 0 Å². The summed E-state index contributed by atoms with van der Waals surface area (Å²) in [5.74, 6) is -1.66. The third-order valence-electron chi connectivity index (χ3n) is 5.59. The lowest BCUT2D eigenvalue weighted by atomic mass is 9.89. The molecule has 9 nitrogen and oxygen atoms in total. The van der Waals surface area contributed by atoms with Crippen LogP contribution in [0, 0.1) is 11.6 Å². The van der Waals surface area contributed by atoms with Crippen LogP contribution in [0.15, 0.2) is 24.5 Å². The molecule has 2 amide bonds. The highest BCUT2D eigenvalue weighted by atomic mass is 19.1. The van der Waals surface area contributed by atoms with Crippen LogP contribution in [0.25, 0.3) is 0 Å². The van der Waals surface area contributed by atoms with Crippen molar-refractivity contribution >= 4 is 11.8 Å². The fourth-order valence-corrected chi connectivity index (χ4v) is 4.01. The normalized spacial score (nSPS) is 18.6. The summed E-state index contributed by atoms with van der Waals surface area (Å²) in [6.07, 6.45) is 2.51. The number of amides is 2. The Morgan fingerprint density at radius 2 is 1.77 bits per heavy atom. The highest BCUT2D eigenvalue weighted by molar-refractivity contribution is 5.79. The fraction of sp³-hybridized carbons (Fsp3) is 0.526. The Kier molecular flexibility index (Phi) is 5.71. The molecule has 3 heterocycles. The fourth-order valence-electron chi connectivity index (χ4n) is 4.01. The van der Waals surface area contributed by atoms with Crippen molar-refractivity contribution in [3.8, 4) is 0 Å². The molecule has 2 fully saturated rings. The lowest BCUT2D eigenvalue weighted by Crippen LogP contribution is -2.59. The zero-order valence-corrected chi connectivity index (χ0v) is 16.3. The van der Waals surface area contributed by atoms with Crippen molar-refractivity contribution in [3.05, 3.63) is 41.7 Å². The number of likely N-dealkylation sites (tertiary alicyclic amines) is 1. The van der Waals surface area contributed by atoms with Gasteiger partial charge in [-0.15, -0.1) is 5.10 Å². The first-order valence-corrected chi connectivity index (χ1v) is 9.78. The maximum Gasteiger partial charge on any atom is 0.244 e. The van der Waals surface area contributed by atoms with Crippen LogP contribution in [0.2, 0.25) is 0 Å². The van der Waals surface area contributed by atoms with E-state index in [-0.39, 0.29) is 24.8 Å². The molecule has 2 saturated heterocycles. The number of nitrogens with zero attached hydrogens (tertiary/aromatic N) is 6. The molecule has 0 saturated carbocycles. The van der Waals surface area contributed by atoms with Crippen molar-refractivity contribution < 1.29 is 23.1 Å². The molecule has 0 N–H and O–H groups in total. The van der Waals surface area contributed by atoms with Gasteiger partial charge in [-0.3, -0.25) is 9.59 Å². The first kappa shape index (κ1) is 20.3. The van der Waals surface area contributed by atoms with Crippen molar-refractivity contribution in [2.45, 2.75) is 31.4 Å². The van der Waals surface area contributed by atoms with Crippen LogP contribution >= 0.6 is 0 Å². The number of hydrogen-bond acceptors (Lipinski definition) is 6. The number of benzene rings is 1. The lowest BCUT2D eigenvalue weighted by molar-refractivity contribution is -0.163. The van der Waals surface area contributed by atoms with Crippen LogP contribution in [0.5, 0.6) is 0 Å². The Labute approximate surface area is 171 Å². The number of tetrazole rings is 1. The van der Waals surface area contributed by atoms with Crippen LogP contribution in [0.1, 0.15) is 18.4 Å². The number of halogens is 2. The summed E-state index contributed by atoms with van der Waals surface area (Å²) in [5.41, 5.74) is -0.179. The van der Waals surface area contributed by atoms with E-state index in [4.69, 9.17) is 4.74 Å². The maximum absolute atomic E-state index is 13.4. The minimum absolute atomic E-state index is 0.0565. The molecule has 1 aromatic heterocycles. The molecule has 0 bridgehead atoms. The average molecular weight is 420 g/mol. The average Bonchev–Trinajstić information content (AvgIpc) is 3.21. The van der Waals surface area contributed by atoms with Gasteiger partial charge in [-0.25, -0.2) is 13.5 Å². The number of carbonyl (C=O) groups excluding carboxylic acids is 2. The molecule has 160 valence electrons. The molecule has 1 aromatic carbocycles. The van der Waals surface area contributed by atoms with E-state index in [9.17, 15) is 18.4 Å². The van der Waals surface area contributed by atoms with Crippen molar-refractivity contribution in [2.75, 3.05) is 32.8 Å². The summed E-state index contributed by atoms with van der Waals surface area (Å²) in [5, 5.41) is 10.8. The Morgan fingerprint density at radius 1 is 1.03 bits per heavy atom. The highest BCUT2D eigenvalue weighted by Crippen LogP contribution is 2.30. The summed E-state index contributed by atoms with van der Waals surface area (Å²) < 4.78 is 34.1. The predicted octanol–water partition coefficient (Wildman–Crippen LogP) is 0.414. The Balaban J connectivity index is 1.32. The third kappa shape index (κ3) is 4.61. The smallest absolute Gasteiger partial charge is 0.244 e. The number of hydrogen-bond donors (Lipinski definition) is 0. The van der Waals surface area contributed by atoms with Crippen molar-refractivity contribution in [1.82, 2.24) is 30.0 Å². The quantitative estimate of drug-likeness (QED) is 0.712. The summed E-state index contributed by atoms with van der Waals surface area (Å²) in [4.78, 5) is 28.5. The van der Waals surface area contributed by atoms with Crippen molar-refractivity contribution in [2.24, 2.45) is 0 Å². The van der Waals surface area contributed by atoms with Gasteiger partial charge in [0.25, 0.3) is 0 Å². The number of ether oxygens (including phenoxy) is 1. The second-order valence-corrected chi connectivity index (χ2v) is 7.69. The SMILES string of the molecule is O=C(Cc1cc(F)cc(F)c1)N1CCC2(CC1)CN(C(=O)Cn1cnnn1)CCO2. The van der Waals surface area contributed by atoms with Crippen LogP contribution in [-0.4, -0.2) is 80.2 Å². The van der Waals surface area contributed by atoms with Gasteiger partial charge in [0.1, 0.15) is 24.5 Å². The van der Waals surface area contributed by atoms with Crippen LogP contribution in [0.4, 0.5) is 8.78 Å². The second-order valence-electron chi connectivity index (χ2n) is 7.69. The van der Waals surface area contributed by atoms with E-state index in [2.05, 4.69) is 15.5 Å². The van der Waals surface area contributed by atoms with E-state index < -0.39 is 17.2 Å². The lowest BCUT2D eigenvalue weighted by Gasteiger charge is -2.47. The first-order valence-electron chi connectivity index (χ1n) is 9.78. The molecule has 0 unspecified atom stereocenters. The van der Waals surface area contributed by atoms with E-state index in [1.54, 1.807) is 9.80 Å². The van der Waals surface area contributed by atoms with Gasteiger partial charge in [-0.2, -0.15) is 0 Å². The molecular weight excluding hydrogens is 398 g/mol. The van der Waals surface area contributed by atoms with Crippen LogP contribution < -0.4 is 0 Å². The minimum atomic E-state index is -0.697. The topological polar surface area (TPSA) is 93.5 Å². The van der Waals surface area contributed by atoms with Gasteiger partial charge in [-0.05, 0) is 41.0 Å². The molecule has 11 heteroatoms. The standard InChI is InChI=1S/C19H22F2N6O3/c20-15-7-14(8-16(21)10-15)9-17(28)25-3-1-19(2-4-25)12-26(5-6-30-19)18(29)11-27-13-22-23-24-27/h7-8,10,13H,1-6,9,11-12H2. The minimum Gasteiger partial charge on any atom is -0.371 e. The van der Waals surface area contributed by atoms with Crippen molar-refractivity contribution in [3.63, 3.8) is 0 Å². The van der Waals surface area contributed by atoms with Gasteiger partial charge in [0, 0.05) is 32.2 Å². The largest absolute Gasteiger partial charge is 0.371 e. The molecule has 2 aliphatic rings. The third-order valence-corrected chi connectivity index (χ3v) is 5.59. The van der Waals surface area contributed by atoms with E-state index in [1.807, 2.05) is 0 Å². The molecular formula is C19H22F2N6O3. The Morgan fingerprint density at radius 3 is 2.43 bits per heavy atom. The summed E-state index contributed by atoms with van der Waals surface area (Å²) in [6.45, 7) is 2.37.